The smallest absolute Gasteiger partial charge is 0.295 e. The van der Waals surface area contributed by atoms with Crippen LogP contribution in [0.25, 0.3) is 11.0 Å². The lowest BCUT2D eigenvalue weighted by atomic mass is 9.98. The molecule has 1 amide bonds. The van der Waals surface area contributed by atoms with Gasteiger partial charge in [-0.3, -0.25) is 9.69 Å². The average Bonchev–Trinajstić information content (AvgIpc) is 3.18. The number of aromatic amines is 1. The molecule has 4 rings (SSSR count). The number of piperidine rings is 1. The maximum absolute atomic E-state index is 12.8. The van der Waals surface area contributed by atoms with Crippen molar-refractivity contribution in [2.24, 2.45) is 5.92 Å². The average molecular weight is 412 g/mol. The molecule has 0 unspecified atom stereocenters. The predicted octanol–water partition coefficient (Wildman–Crippen LogP) is 4.66. The molecule has 1 fully saturated rings. The number of nitrogens with one attached hydrogen (secondary N) is 2. The first-order chi connectivity index (χ1) is 14.5. The van der Waals surface area contributed by atoms with Crippen molar-refractivity contribution in [3.63, 3.8) is 0 Å². The van der Waals surface area contributed by atoms with Crippen LogP contribution < -0.4 is 5.32 Å². The summed E-state index contributed by atoms with van der Waals surface area (Å²) in [5.41, 5.74) is 3.57. The van der Waals surface area contributed by atoms with Gasteiger partial charge in [0.1, 0.15) is 0 Å². The first-order valence-corrected chi connectivity index (χ1v) is 10.3. The summed E-state index contributed by atoms with van der Waals surface area (Å²) in [6, 6.07) is 12.9. The summed E-state index contributed by atoms with van der Waals surface area (Å²) in [5, 5.41) is 2.95. The summed E-state index contributed by atoms with van der Waals surface area (Å²) in [6.45, 7) is 5.81. The fourth-order valence-corrected chi connectivity index (χ4v) is 3.90. The molecular weight excluding hydrogens is 386 g/mol. The number of hydrogen-bond acceptors (Lipinski definition) is 3. The molecule has 1 aliphatic rings. The van der Waals surface area contributed by atoms with Crippen LogP contribution in [0, 0.1) is 5.92 Å². The minimum atomic E-state index is -2.67. The number of fused-ring (bicyclic) bond motifs is 1. The van der Waals surface area contributed by atoms with Gasteiger partial charge in [0.2, 0.25) is 0 Å². The van der Waals surface area contributed by atoms with E-state index in [0.29, 0.717) is 23.1 Å². The lowest BCUT2D eigenvalue weighted by Gasteiger charge is -2.30. The first-order valence-electron chi connectivity index (χ1n) is 10.3. The van der Waals surface area contributed by atoms with Gasteiger partial charge < -0.3 is 10.3 Å². The fraction of sp³-hybridized carbons (Fsp3) is 0.391. The van der Waals surface area contributed by atoms with Crippen LogP contribution in [0.3, 0.4) is 0 Å². The predicted molar refractivity (Wildman–Crippen MR) is 112 cm³/mol. The van der Waals surface area contributed by atoms with E-state index in [2.05, 4.69) is 33.2 Å². The third-order valence-electron chi connectivity index (χ3n) is 5.80. The summed E-state index contributed by atoms with van der Waals surface area (Å²) < 4.78 is 25.6. The summed E-state index contributed by atoms with van der Waals surface area (Å²) in [7, 11) is 0. The molecule has 2 aromatic carbocycles. The number of halogens is 2. The Kier molecular flexibility index (Phi) is 6.08. The highest BCUT2D eigenvalue weighted by molar-refractivity contribution is 5.97. The van der Waals surface area contributed by atoms with Gasteiger partial charge >= 0.3 is 0 Å². The SMILES string of the molecule is CC1CCN(Cc2ccccc2CNC(=O)c2ccc3nc(C(F)F)[nH]c3c2)CC1. The molecule has 2 N–H and O–H groups in total. The van der Waals surface area contributed by atoms with E-state index in [4.69, 9.17) is 0 Å². The van der Waals surface area contributed by atoms with Gasteiger partial charge in [0, 0.05) is 18.7 Å². The van der Waals surface area contributed by atoms with Crippen molar-refractivity contribution < 1.29 is 13.6 Å². The molecule has 3 aromatic rings. The van der Waals surface area contributed by atoms with Gasteiger partial charge in [-0.25, -0.2) is 13.8 Å². The summed E-state index contributed by atoms with van der Waals surface area (Å²) in [5.74, 6) is 0.162. The van der Waals surface area contributed by atoms with Crippen LogP contribution >= 0.6 is 0 Å². The van der Waals surface area contributed by atoms with E-state index in [9.17, 15) is 13.6 Å². The van der Waals surface area contributed by atoms with Crippen LogP contribution in [-0.2, 0) is 13.1 Å². The number of alkyl halides is 2. The summed E-state index contributed by atoms with van der Waals surface area (Å²) in [6.07, 6.45) is -0.223. The highest BCUT2D eigenvalue weighted by Gasteiger charge is 2.17. The Bertz CT molecular complexity index is 1020. The lowest BCUT2D eigenvalue weighted by Crippen LogP contribution is -2.33. The van der Waals surface area contributed by atoms with Crippen LogP contribution in [0.4, 0.5) is 8.78 Å². The highest BCUT2D eigenvalue weighted by atomic mass is 19.3. The fourth-order valence-electron chi connectivity index (χ4n) is 3.90. The summed E-state index contributed by atoms with van der Waals surface area (Å²) >= 11 is 0. The number of H-pyrrole nitrogens is 1. The van der Waals surface area contributed by atoms with Gasteiger partial charge in [0.05, 0.1) is 11.0 Å². The number of carbonyl (C=O) groups excluding carboxylic acids is 1. The molecule has 0 radical (unpaired) electrons. The van der Waals surface area contributed by atoms with Gasteiger partial charge in [-0.1, -0.05) is 31.2 Å². The first kappa shape index (κ1) is 20.5. The molecule has 0 saturated carbocycles. The van der Waals surface area contributed by atoms with Crippen LogP contribution in [0.15, 0.2) is 42.5 Å². The van der Waals surface area contributed by atoms with E-state index >= 15 is 0 Å². The molecule has 0 aliphatic carbocycles. The maximum atomic E-state index is 12.8. The number of carbonyl (C=O) groups is 1. The van der Waals surface area contributed by atoms with Crippen molar-refractivity contribution in [3.8, 4) is 0 Å². The van der Waals surface area contributed by atoms with Crippen molar-refractivity contribution in [3.05, 3.63) is 65.0 Å². The number of nitrogens with zero attached hydrogens (tertiary/aromatic N) is 2. The molecular formula is C23H26F2N4O. The quantitative estimate of drug-likeness (QED) is 0.619. The van der Waals surface area contributed by atoms with Crippen LogP contribution in [0.5, 0.6) is 0 Å². The third kappa shape index (κ3) is 4.67. The van der Waals surface area contributed by atoms with Crippen LogP contribution in [0.2, 0.25) is 0 Å². The van der Waals surface area contributed by atoms with Crippen molar-refractivity contribution in [2.45, 2.75) is 39.3 Å². The Balaban J connectivity index is 1.42. The van der Waals surface area contributed by atoms with Crippen molar-refractivity contribution in [1.29, 1.82) is 0 Å². The van der Waals surface area contributed by atoms with Crippen molar-refractivity contribution in [2.75, 3.05) is 13.1 Å². The Hall–Kier alpha value is -2.80. The van der Waals surface area contributed by atoms with Gasteiger partial charge in [-0.15, -0.1) is 0 Å². The van der Waals surface area contributed by atoms with Crippen LogP contribution in [0.1, 0.15) is 53.5 Å². The van der Waals surface area contributed by atoms with E-state index in [-0.39, 0.29) is 11.7 Å². The van der Waals surface area contributed by atoms with Gasteiger partial charge in [0.25, 0.3) is 12.3 Å². The zero-order chi connectivity index (χ0) is 21.1. The van der Waals surface area contributed by atoms with Gasteiger partial charge in [-0.05, 0) is 61.2 Å². The van der Waals surface area contributed by atoms with E-state index < -0.39 is 6.43 Å². The number of imidazole rings is 1. The van der Waals surface area contributed by atoms with E-state index in [1.54, 1.807) is 18.2 Å². The number of benzene rings is 2. The van der Waals surface area contributed by atoms with Gasteiger partial charge in [-0.2, -0.15) is 0 Å². The number of hydrogen-bond donors (Lipinski definition) is 2. The molecule has 0 bridgehead atoms. The van der Waals surface area contributed by atoms with Crippen LogP contribution in [-0.4, -0.2) is 33.9 Å². The van der Waals surface area contributed by atoms with E-state index in [1.807, 2.05) is 18.2 Å². The number of amides is 1. The molecule has 0 atom stereocenters. The molecule has 2 heterocycles. The van der Waals surface area contributed by atoms with Crippen molar-refractivity contribution in [1.82, 2.24) is 20.2 Å². The zero-order valence-corrected chi connectivity index (χ0v) is 17.0. The van der Waals surface area contributed by atoms with Gasteiger partial charge in [0.15, 0.2) is 5.82 Å². The minimum Gasteiger partial charge on any atom is -0.348 e. The molecule has 158 valence electrons. The van der Waals surface area contributed by atoms with E-state index in [1.165, 1.54) is 18.4 Å². The summed E-state index contributed by atoms with van der Waals surface area (Å²) in [4.78, 5) is 21.5. The number of aromatic nitrogens is 2. The zero-order valence-electron chi connectivity index (χ0n) is 17.0. The van der Waals surface area contributed by atoms with E-state index in [0.717, 1.165) is 31.1 Å². The Morgan fingerprint density at radius 1 is 1.20 bits per heavy atom. The number of likely N-dealkylation sites (tertiary alicyclic amines) is 1. The monoisotopic (exact) mass is 412 g/mol. The molecule has 1 aromatic heterocycles. The molecule has 5 nitrogen and oxygen atoms in total. The molecule has 0 spiro atoms. The van der Waals surface area contributed by atoms with Crippen molar-refractivity contribution >= 4 is 16.9 Å². The second kappa shape index (κ2) is 8.92. The topological polar surface area (TPSA) is 61.0 Å². The molecule has 7 heteroatoms. The Labute approximate surface area is 174 Å². The molecule has 30 heavy (non-hydrogen) atoms. The Morgan fingerprint density at radius 3 is 2.67 bits per heavy atom. The molecule has 1 aliphatic heterocycles. The lowest BCUT2D eigenvalue weighted by molar-refractivity contribution is 0.0950. The normalized spacial score (nSPS) is 15.7. The maximum Gasteiger partial charge on any atom is 0.295 e. The number of rotatable bonds is 6. The largest absolute Gasteiger partial charge is 0.348 e. The second-order valence-electron chi connectivity index (χ2n) is 8.06. The second-order valence-corrected chi connectivity index (χ2v) is 8.06. The standard InChI is InChI=1S/C23H26F2N4O/c1-15-8-10-29(11-9-15)14-18-5-3-2-4-17(18)13-26-23(30)16-6-7-19-20(12-16)28-22(27-19)21(24)25/h2-7,12,15,21H,8-11,13-14H2,1H3,(H,26,30)(H,27,28). The molecule has 1 saturated heterocycles. The Morgan fingerprint density at radius 2 is 1.93 bits per heavy atom. The third-order valence-corrected chi connectivity index (χ3v) is 5.80. The highest BCUT2D eigenvalue weighted by Crippen LogP contribution is 2.22. The minimum absolute atomic E-state index is 0.244.